The highest BCUT2D eigenvalue weighted by Gasteiger charge is 2.22. The van der Waals surface area contributed by atoms with E-state index in [1.807, 2.05) is 0 Å². The lowest BCUT2D eigenvalue weighted by molar-refractivity contribution is -0.385. The maximum absolute atomic E-state index is 12.8. The van der Waals surface area contributed by atoms with Gasteiger partial charge in [-0.15, -0.1) is 0 Å². The lowest BCUT2D eigenvalue weighted by atomic mass is 10.2. The van der Waals surface area contributed by atoms with Crippen LogP contribution >= 0.6 is 0 Å². The summed E-state index contributed by atoms with van der Waals surface area (Å²) in [6.45, 7) is 0. The molecule has 0 unspecified atom stereocenters. The van der Waals surface area contributed by atoms with Crippen molar-refractivity contribution >= 4 is 32.9 Å². The van der Waals surface area contributed by atoms with Crippen LogP contribution in [0.15, 0.2) is 59.6 Å². The molecule has 0 radical (unpaired) electrons. The number of aromatic nitrogens is 1. The van der Waals surface area contributed by atoms with Crippen molar-refractivity contribution in [2.75, 3.05) is 0 Å². The third-order valence-electron chi connectivity index (χ3n) is 3.42. The molecule has 0 amide bonds. The molecule has 0 aliphatic heterocycles. The molecule has 116 valence electrons. The molecule has 0 N–H and O–H groups in total. The summed E-state index contributed by atoms with van der Waals surface area (Å²) in [6, 6.07) is 11.3. The van der Waals surface area contributed by atoms with Gasteiger partial charge in [0.2, 0.25) is 0 Å². The topological polar surface area (TPSA) is 99.3 Å². The Bertz CT molecular complexity index is 1040. The summed E-state index contributed by atoms with van der Waals surface area (Å²) in [5, 5.41) is 11.3. The van der Waals surface area contributed by atoms with E-state index < -0.39 is 14.9 Å². The first-order chi connectivity index (χ1) is 10.9. The molecule has 0 aliphatic carbocycles. The number of para-hydroxylation sites is 1. The van der Waals surface area contributed by atoms with Gasteiger partial charge in [0.15, 0.2) is 6.29 Å². The van der Waals surface area contributed by atoms with E-state index >= 15 is 0 Å². The Morgan fingerprint density at radius 2 is 1.83 bits per heavy atom. The van der Waals surface area contributed by atoms with Crippen molar-refractivity contribution < 1.29 is 18.1 Å². The molecule has 0 spiro atoms. The summed E-state index contributed by atoms with van der Waals surface area (Å²) in [4.78, 5) is 21.1. The molecule has 8 heteroatoms. The molecule has 0 atom stereocenters. The second kappa shape index (κ2) is 5.33. The number of nitro benzene ring substituents is 1. The molecule has 7 nitrogen and oxygen atoms in total. The van der Waals surface area contributed by atoms with Gasteiger partial charge in [-0.3, -0.25) is 14.9 Å². The lowest BCUT2D eigenvalue weighted by Gasteiger charge is -2.07. The van der Waals surface area contributed by atoms with Crippen LogP contribution < -0.4 is 0 Å². The van der Waals surface area contributed by atoms with Gasteiger partial charge in [-0.2, -0.15) is 0 Å². The highest BCUT2D eigenvalue weighted by Crippen LogP contribution is 2.26. The Morgan fingerprint density at radius 1 is 1.09 bits per heavy atom. The zero-order chi connectivity index (χ0) is 16.6. The minimum Gasteiger partial charge on any atom is -0.298 e. The van der Waals surface area contributed by atoms with E-state index in [0.29, 0.717) is 17.2 Å². The Kier molecular flexibility index (Phi) is 3.45. The van der Waals surface area contributed by atoms with Gasteiger partial charge in [0, 0.05) is 29.3 Å². The molecular formula is C15H10N2O5S. The number of fused-ring (bicyclic) bond motifs is 1. The van der Waals surface area contributed by atoms with Crippen LogP contribution in [0, 0.1) is 10.1 Å². The summed E-state index contributed by atoms with van der Waals surface area (Å²) in [6.07, 6.45) is 1.79. The van der Waals surface area contributed by atoms with Crippen LogP contribution in [0.25, 0.3) is 10.9 Å². The average Bonchev–Trinajstić information content (AvgIpc) is 2.94. The number of aldehydes is 1. The standard InChI is InChI=1S/C15H10N2O5S/c18-10-11-9-16(15-7-2-1-6-14(11)15)23(21,22)13-5-3-4-12(8-13)17(19)20/h1-10H. The molecule has 1 aromatic heterocycles. The Morgan fingerprint density at radius 3 is 2.52 bits per heavy atom. The van der Waals surface area contributed by atoms with Crippen molar-refractivity contribution in [1.82, 2.24) is 3.97 Å². The van der Waals surface area contributed by atoms with Crippen molar-refractivity contribution in [3.8, 4) is 0 Å². The molecule has 1 heterocycles. The SMILES string of the molecule is O=Cc1cn(S(=O)(=O)c2cccc([N+](=O)[O-])c2)c2ccccc12. The first-order valence-electron chi connectivity index (χ1n) is 6.50. The zero-order valence-corrected chi connectivity index (χ0v) is 12.4. The molecule has 3 rings (SSSR count). The predicted octanol–water partition coefficient (Wildman–Crippen LogP) is 2.60. The van der Waals surface area contributed by atoms with E-state index in [1.165, 1.54) is 24.4 Å². The summed E-state index contributed by atoms with van der Waals surface area (Å²) < 4.78 is 26.5. The fraction of sp³-hybridized carbons (Fsp3) is 0. The minimum absolute atomic E-state index is 0.218. The van der Waals surface area contributed by atoms with Gasteiger partial charge < -0.3 is 0 Å². The van der Waals surface area contributed by atoms with Crippen LogP contribution in [0.2, 0.25) is 0 Å². The largest absolute Gasteiger partial charge is 0.298 e. The molecule has 0 bridgehead atoms. The Labute approximate surface area is 131 Å². The van der Waals surface area contributed by atoms with Gasteiger partial charge >= 0.3 is 0 Å². The summed E-state index contributed by atoms with van der Waals surface area (Å²) in [7, 11) is -4.06. The highest BCUT2D eigenvalue weighted by molar-refractivity contribution is 7.90. The quantitative estimate of drug-likeness (QED) is 0.416. The van der Waals surface area contributed by atoms with E-state index in [4.69, 9.17) is 0 Å². The smallest absolute Gasteiger partial charge is 0.270 e. The monoisotopic (exact) mass is 330 g/mol. The number of hydrogen-bond acceptors (Lipinski definition) is 5. The van der Waals surface area contributed by atoms with Gasteiger partial charge in [0.05, 0.1) is 15.3 Å². The third-order valence-corrected chi connectivity index (χ3v) is 5.09. The number of carbonyl (C=O) groups is 1. The fourth-order valence-corrected chi connectivity index (χ4v) is 3.76. The number of nitro groups is 1. The zero-order valence-electron chi connectivity index (χ0n) is 11.6. The number of non-ortho nitro benzene ring substituents is 1. The van der Waals surface area contributed by atoms with Crippen molar-refractivity contribution in [2.24, 2.45) is 0 Å². The second-order valence-corrected chi connectivity index (χ2v) is 6.59. The number of hydrogen-bond donors (Lipinski definition) is 0. The Hall–Kier alpha value is -3.00. The normalized spacial score (nSPS) is 11.5. The van der Waals surface area contributed by atoms with Crippen LogP contribution in [-0.4, -0.2) is 23.6 Å². The van der Waals surface area contributed by atoms with Gasteiger partial charge in [-0.05, 0) is 12.1 Å². The van der Waals surface area contributed by atoms with Crippen molar-refractivity contribution in [3.63, 3.8) is 0 Å². The van der Waals surface area contributed by atoms with Gasteiger partial charge in [0.1, 0.15) is 0 Å². The van der Waals surface area contributed by atoms with Crippen LogP contribution in [-0.2, 0) is 10.0 Å². The van der Waals surface area contributed by atoms with E-state index in [2.05, 4.69) is 0 Å². The Balaban J connectivity index is 2.27. The molecule has 23 heavy (non-hydrogen) atoms. The molecule has 3 aromatic rings. The van der Waals surface area contributed by atoms with Crippen LogP contribution in [0.5, 0.6) is 0 Å². The average molecular weight is 330 g/mol. The minimum atomic E-state index is -4.06. The number of benzene rings is 2. The predicted molar refractivity (Wildman–Crippen MR) is 83.0 cm³/mol. The summed E-state index contributed by atoms with van der Waals surface area (Å²) >= 11 is 0. The van der Waals surface area contributed by atoms with Crippen LogP contribution in [0.1, 0.15) is 10.4 Å². The van der Waals surface area contributed by atoms with Gasteiger partial charge in [-0.25, -0.2) is 12.4 Å². The second-order valence-electron chi connectivity index (χ2n) is 4.77. The third kappa shape index (κ3) is 2.38. The lowest BCUT2D eigenvalue weighted by Crippen LogP contribution is -2.12. The summed E-state index contributed by atoms with van der Waals surface area (Å²) in [5.41, 5.74) is 0.244. The first-order valence-corrected chi connectivity index (χ1v) is 7.94. The molecule has 0 saturated heterocycles. The van der Waals surface area contributed by atoms with Crippen LogP contribution in [0.3, 0.4) is 0 Å². The highest BCUT2D eigenvalue weighted by atomic mass is 32.2. The molecular weight excluding hydrogens is 320 g/mol. The first kappa shape index (κ1) is 14.9. The maximum atomic E-state index is 12.8. The van der Waals surface area contributed by atoms with E-state index in [0.717, 1.165) is 10.0 Å². The maximum Gasteiger partial charge on any atom is 0.270 e. The van der Waals surface area contributed by atoms with Crippen molar-refractivity contribution in [3.05, 3.63) is 70.4 Å². The molecule has 0 fully saturated rings. The van der Waals surface area contributed by atoms with E-state index in [-0.39, 0.29) is 16.1 Å². The molecule has 2 aromatic carbocycles. The van der Waals surface area contributed by atoms with Crippen molar-refractivity contribution in [1.29, 1.82) is 0 Å². The van der Waals surface area contributed by atoms with Crippen molar-refractivity contribution in [2.45, 2.75) is 4.90 Å². The number of carbonyl (C=O) groups excluding carboxylic acids is 1. The number of rotatable bonds is 4. The molecule has 0 saturated carbocycles. The van der Waals surface area contributed by atoms with E-state index in [9.17, 15) is 23.3 Å². The molecule has 0 aliphatic rings. The summed E-state index contributed by atoms with van der Waals surface area (Å²) in [5.74, 6) is 0. The van der Waals surface area contributed by atoms with E-state index in [1.54, 1.807) is 24.3 Å². The fourth-order valence-electron chi connectivity index (χ4n) is 2.34. The number of nitrogens with zero attached hydrogens (tertiary/aromatic N) is 2. The van der Waals surface area contributed by atoms with Crippen LogP contribution in [0.4, 0.5) is 5.69 Å². The van der Waals surface area contributed by atoms with Gasteiger partial charge in [-0.1, -0.05) is 24.3 Å². The van der Waals surface area contributed by atoms with Gasteiger partial charge in [0.25, 0.3) is 15.7 Å².